The number of amides is 3. The van der Waals surface area contributed by atoms with Crippen LogP contribution in [0, 0.1) is 0 Å². The van der Waals surface area contributed by atoms with Crippen molar-refractivity contribution >= 4 is 34.6 Å². The van der Waals surface area contributed by atoms with Crippen LogP contribution < -0.4 is 16.8 Å². The second-order valence-corrected chi connectivity index (χ2v) is 7.43. The minimum Gasteiger partial charge on any atom is -0.480 e. The van der Waals surface area contributed by atoms with Crippen LogP contribution in [-0.2, 0) is 25.6 Å². The molecule has 3 atom stereocenters. The van der Waals surface area contributed by atoms with E-state index in [1.54, 1.807) is 6.20 Å². The highest BCUT2D eigenvalue weighted by Gasteiger charge is 2.38. The smallest absolute Gasteiger partial charge is 0.326 e. The molecule has 2 aromatic rings. The summed E-state index contributed by atoms with van der Waals surface area (Å²) in [6.07, 6.45) is 2.45. The Balaban J connectivity index is 1.86. The number of nitrogens with zero attached hydrogens (tertiary/aromatic N) is 1. The minimum atomic E-state index is -1.20. The van der Waals surface area contributed by atoms with E-state index in [2.05, 4.69) is 10.3 Å². The number of aliphatic carboxylic acids is 1. The molecular formula is C20H25N5O5. The quantitative estimate of drug-likeness (QED) is 0.388. The molecule has 3 unspecified atom stereocenters. The van der Waals surface area contributed by atoms with Crippen molar-refractivity contribution in [2.24, 2.45) is 11.5 Å². The zero-order chi connectivity index (χ0) is 21.8. The van der Waals surface area contributed by atoms with Crippen molar-refractivity contribution in [1.82, 2.24) is 15.2 Å². The first kappa shape index (κ1) is 21.3. The first-order chi connectivity index (χ1) is 14.3. The molecule has 2 heterocycles. The summed E-state index contributed by atoms with van der Waals surface area (Å²) < 4.78 is 0. The zero-order valence-electron chi connectivity index (χ0n) is 16.3. The number of H-pyrrole nitrogens is 1. The summed E-state index contributed by atoms with van der Waals surface area (Å²) in [5, 5.41) is 12.9. The van der Waals surface area contributed by atoms with E-state index in [1.807, 2.05) is 24.3 Å². The van der Waals surface area contributed by atoms with Crippen molar-refractivity contribution in [1.29, 1.82) is 0 Å². The van der Waals surface area contributed by atoms with Gasteiger partial charge < -0.3 is 31.8 Å². The van der Waals surface area contributed by atoms with E-state index in [-0.39, 0.29) is 12.8 Å². The topological polar surface area (TPSA) is 172 Å². The molecule has 1 aliphatic heterocycles. The number of carbonyl (C=O) groups is 4. The number of carbonyl (C=O) groups excluding carboxylic acids is 3. The maximum absolute atomic E-state index is 13.2. The minimum absolute atomic E-state index is 0.140. The van der Waals surface area contributed by atoms with Gasteiger partial charge in [-0.15, -0.1) is 0 Å². The molecule has 0 radical (unpaired) electrons. The molecule has 0 saturated carbocycles. The lowest BCUT2D eigenvalue weighted by Gasteiger charge is -2.28. The predicted molar refractivity (Wildman–Crippen MR) is 108 cm³/mol. The highest BCUT2D eigenvalue weighted by Crippen LogP contribution is 2.22. The van der Waals surface area contributed by atoms with E-state index in [0.717, 1.165) is 16.5 Å². The summed E-state index contributed by atoms with van der Waals surface area (Å²) in [5.74, 6) is -3.01. The molecule has 0 aliphatic carbocycles. The van der Waals surface area contributed by atoms with Gasteiger partial charge in [0.25, 0.3) is 0 Å². The van der Waals surface area contributed by atoms with Gasteiger partial charge in [0.1, 0.15) is 12.1 Å². The Kier molecular flexibility index (Phi) is 6.36. The number of primary amides is 1. The number of rotatable bonds is 8. The molecule has 10 heteroatoms. The van der Waals surface area contributed by atoms with Gasteiger partial charge in [-0.25, -0.2) is 4.79 Å². The largest absolute Gasteiger partial charge is 0.480 e. The Morgan fingerprint density at radius 1 is 1.27 bits per heavy atom. The second kappa shape index (κ2) is 8.95. The van der Waals surface area contributed by atoms with Crippen LogP contribution in [-0.4, -0.2) is 63.4 Å². The summed E-state index contributed by atoms with van der Waals surface area (Å²) in [5.41, 5.74) is 12.5. The SMILES string of the molecule is NC(=O)CC(N)C(=O)NC(Cc1c[nH]c2ccccc12)C(=O)N1CCCC1C(=O)O. The summed E-state index contributed by atoms with van der Waals surface area (Å²) in [7, 11) is 0. The molecule has 7 N–H and O–H groups in total. The Hall–Kier alpha value is -3.40. The average Bonchev–Trinajstić information content (AvgIpc) is 3.34. The van der Waals surface area contributed by atoms with Gasteiger partial charge in [0.05, 0.1) is 12.5 Å². The molecule has 3 amide bonds. The van der Waals surface area contributed by atoms with Crippen LogP contribution >= 0.6 is 0 Å². The third-order valence-electron chi connectivity index (χ3n) is 5.29. The molecule has 1 aromatic carbocycles. The lowest BCUT2D eigenvalue weighted by atomic mass is 10.0. The van der Waals surface area contributed by atoms with Crippen LogP contribution in [0.15, 0.2) is 30.5 Å². The van der Waals surface area contributed by atoms with Crippen molar-refractivity contribution in [3.63, 3.8) is 0 Å². The van der Waals surface area contributed by atoms with Crippen LogP contribution in [0.5, 0.6) is 0 Å². The standard InChI is InChI=1S/C20H25N5O5/c21-13(9-17(22)26)18(27)24-15(19(28)25-7-3-6-16(25)20(29)30)8-11-10-23-14-5-2-1-4-12(11)14/h1-2,4-5,10,13,15-16,23H,3,6-9,21H2,(H2,22,26)(H,24,27)(H,29,30). The molecule has 10 nitrogen and oxygen atoms in total. The molecular weight excluding hydrogens is 390 g/mol. The van der Waals surface area contributed by atoms with Gasteiger partial charge in [-0.3, -0.25) is 14.4 Å². The third kappa shape index (κ3) is 4.60. The summed E-state index contributed by atoms with van der Waals surface area (Å²) >= 11 is 0. The number of fused-ring (bicyclic) bond motifs is 1. The Bertz CT molecular complexity index is 971. The molecule has 160 valence electrons. The van der Waals surface area contributed by atoms with Crippen molar-refractivity contribution in [3.05, 3.63) is 36.0 Å². The lowest BCUT2D eigenvalue weighted by molar-refractivity contribution is -0.149. The number of hydrogen-bond acceptors (Lipinski definition) is 5. The average molecular weight is 415 g/mol. The van der Waals surface area contributed by atoms with Gasteiger partial charge in [-0.1, -0.05) is 18.2 Å². The number of nitrogens with one attached hydrogen (secondary N) is 2. The predicted octanol–water partition coefficient (Wildman–Crippen LogP) is -0.526. The number of aromatic nitrogens is 1. The van der Waals surface area contributed by atoms with Crippen molar-refractivity contribution in [3.8, 4) is 0 Å². The van der Waals surface area contributed by atoms with Crippen LogP contribution in [0.2, 0.25) is 0 Å². The lowest BCUT2D eigenvalue weighted by Crippen LogP contribution is -2.55. The summed E-state index contributed by atoms with van der Waals surface area (Å²) in [4.78, 5) is 52.7. The van der Waals surface area contributed by atoms with Crippen molar-refractivity contribution < 1.29 is 24.3 Å². The summed E-state index contributed by atoms with van der Waals surface area (Å²) in [6.45, 7) is 0.295. The van der Waals surface area contributed by atoms with E-state index in [0.29, 0.717) is 19.4 Å². The Morgan fingerprint density at radius 2 is 2.00 bits per heavy atom. The van der Waals surface area contributed by atoms with E-state index in [9.17, 15) is 24.3 Å². The first-order valence-electron chi connectivity index (χ1n) is 9.70. The molecule has 1 saturated heterocycles. The first-order valence-corrected chi connectivity index (χ1v) is 9.70. The molecule has 30 heavy (non-hydrogen) atoms. The van der Waals surface area contributed by atoms with E-state index in [1.165, 1.54) is 4.90 Å². The van der Waals surface area contributed by atoms with Crippen LogP contribution in [0.4, 0.5) is 0 Å². The molecule has 3 rings (SSSR count). The van der Waals surface area contributed by atoms with Crippen molar-refractivity contribution in [2.45, 2.75) is 43.8 Å². The second-order valence-electron chi connectivity index (χ2n) is 7.43. The number of likely N-dealkylation sites (tertiary alicyclic amines) is 1. The van der Waals surface area contributed by atoms with Crippen molar-refractivity contribution in [2.75, 3.05) is 6.54 Å². The third-order valence-corrected chi connectivity index (χ3v) is 5.29. The van der Waals surface area contributed by atoms with Crippen LogP contribution in [0.3, 0.4) is 0 Å². The van der Waals surface area contributed by atoms with Gasteiger partial charge in [0.15, 0.2) is 0 Å². The Morgan fingerprint density at radius 3 is 2.70 bits per heavy atom. The van der Waals surface area contributed by atoms with Gasteiger partial charge in [0.2, 0.25) is 17.7 Å². The number of para-hydroxylation sites is 1. The maximum atomic E-state index is 13.2. The number of carboxylic acid groups (broad SMARTS) is 1. The van der Waals surface area contributed by atoms with Crippen LogP contribution in [0.25, 0.3) is 10.9 Å². The van der Waals surface area contributed by atoms with E-state index in [4.69, 9.17) is 11.5 Å². The van der Waals surface area contributed by atoms with Gasteiger partial charge in [0, 0.05) is 30.1 Å². The fourth-order valence-electron chi connectivity index (χ4n) is 3.80. The molecule has 1 aromatic heterocycles. The Labute approximate surface area is 172 Å². The van der Waals surface area contributed by atoms with Crippen LogP contribution in [0.1, 0.15) is 24.8 Å². The number of nitrogens with two attached hydrogens (primary N) is 2. The number of hydrogen-bond donors (Lipinski definition) is 5. The van der Waals surface area contributed by atoms with E-state index >= 15 is 0 Å². The highest BCUT2D eigenvalue weighted by atomic mass is 16.4. The molecule has 1 aliphatic rings. The summed E-state index contributed by atoms with van der Waals surface area (Å²) in [6, 6.07) is 4.34. The maximum Gasteiger partial charge on any atom is 0.326 e. The van der Waals surface area contributed by atoms with Gasteiger partial charge in [-0.2, -0.15) is 0 Å². The normalized spacial score (nSPS) is 18.2. The number of carboxylic acids is 1. The number of aromatic amines is 1. The monoisotopic (exact) mass is 415 g/mol. The zero-order valence-corrected chi connectivity index (χ0v) is 16.3. The fraction of sp³-hybridized carbons (Fsp3) is 0.400. The molecule has 1 fully saturated rings. The number of benzene rings is 1. The molecule has 0 bridgehead atoms. The highest BCUT2D eigenvalue weighted by molar-refractivity contribution is 5.94. The van der Waals surface area contributed by atoms with E-state index < -0.39 is 41.8 Å². The van der Waals surface area contributed by atoms with Gasteiger partial charge >= 0.3 is 5.97 Å². The van der Waals surface area contributed by atoms with Gasteiger partial charge in [-0.05, 0) is 24.5 Å². The fourth-order valence-corrected chi connectivity index (χ4v) is 3.80. The molecule has 0 spiro atoms.